The zero-order valence-electron chi connectivity index (χ0n) is 10.2. The van der Waals surface area contributed by atoms with Crippen LogP contribution in [-0.4, -0.2) is 47.9 Å². The Hall–Kier alpha value is -1.63. The van der Waals surface area contributed by atoms with Gasteiger partial charge in [-0.3, -0.25) is 9.89 Å². The largest absolute Gasteiger partial charge is 0.379 e. The van der Waals surface area contributed by atoms with Gasteiger partial charge in [-0.2, -0.15) is 5.10 Å². The monoisotopic (exact) mass is 280 g/mol. The summed E-state index contributed by atoms with van der Waals surface area (Å²) in [6, 6.07) is 5.42. The van der Waals surface area contributed by atoms with Crippen LogP contribution in [0.25, 0.3) is 10.9 Å². The third-order valence-corrected chi connectivity index (χ3v) is 3.35. The van der Waals surface area contributed by atoms with Crippen molar-refractivity contribution in [1.82, 2.24) is 15.2 Å². The first-order valence-electron chi connectivity index (χ1n) is 6.00. The van der Waals surface area contributed by atoms with Crippen molar-refractivity contribution in [2.45, 2.75) is 0 Å². The van der Waals surface area contributed by atoms with E-state index in [1.54, 1.807) is 12.1 Å². The first kappa shape index (κ1) is 12.4. The molecule has 1 aromatic heterocycles. The molecule has 1 saturated heterocycles. The van der Waals surface area contributed by atoms with Crippen LogP contribution < -0.4 is 5.01 Å². The average Bonchev–Trinajstić information content (AvgIpc) is 2.84. The van der Waals surface area contributed by atoms with Crippen LogP contribution in [0, 0.1) is 0 Å². The van der Waals surface area contributed by atoms with E-state index in [1.807, 2.05) is 11.1 Å². The van der Waals surface area contributed by atoms with E-state index in [9.17, 15) is 4.79 Å². The number of hydrogen-bond donors (Lipinski definition) is 1. The minimum Gasteiger partial charge on any atom is -0.379 e. The Morgan fingerprint density at radius 3 is 2.95 bits per heavy atom. The van der Waals surface area contributed by atoms with Gasteiger partial charge in [0.2, 0.25) is 6.41 Å². The van der Waals surface area contributed by atoms with Gasteiger partial charge in [0.1, 0.15) is 0 Å². The van der Waals surface area contributed by atoms with Crippen LogP contribution in [0.3, 0.4) is 0 Å². The van der Waals surface area contributed by atoms with Crippen molar-refractivity contribution in [2.75, 3.05) is 31.3 Å². The van der Waals surface area contributed by atoms with Crippen molar-refractivity contribution < 1.29 is 9.53 Å². The Morgan fingerprint density at radius 1 is 1.42 bits per heavy atom. The lowest BCUT2D eigenvalue weighted by Crippen LogP contribution is -2.48. The lowest BCUT2D eigenvalue weighted by atomic mass is 10.2. The normalized spacial score (nSPS) is 16.7. The fourth-order valence-electron chi connectivity index (χ4n) is 2.17. The van der Waals surface area contributed by atoms with Crippen molar-refractivity contribution in [1.29, 1.82) is 0 Å². The molecule has 1 fully saturated rings. The van der Waals surface area contributed by atoms with Crippen molar-refractivity contribution in [3.63, 3.8) is 0 Å². The summed E-state index contributed by atoms with van der Waals surface area (Å²) >= 11 is 5.93. The molecular formula is C12H13ClN4O2. The van der Waals surface area contributed by atoms with E-state index < -0.39 is 0 Å². The van der Waals surface area contributed by atoms with E-state index >= 15 is 0 Å². The molecule has 100 valence electrons. The fraction of sp³-hybridized carbons (Fsp3) is 0.333. The van der Waals surface area contributed by atoms with E-state index in [4.69, 9.17) is 16.3 Å². The Balaban J connectivity index is 1.98. The van der Waals surface area contributed by atoms with Gasteiger partial charge in [-0.05, 0) is 18.2 Å². The molecule has 3 rings (SSSR count). The zero-order valence-corrected chi connectivity index (χ0v) is 10.9. The number of halogens is 1. The molecule has 2 aromatic rings. The van der Waals surface area contributed by atoms with Gasteiger partial charge >= 0.3 is 0 Å². The molecule has 0 unspecified atom stereocenters. The standard InChI is InChI=1S/C12H13ClN4O2/c13-9-1-2-10-11(7-9)14-15-12(10)17(8-18)16-3-5-19-6-4-16/h1-2,7-8H,3-6H2,(H,14,15). The molecular weight excluding hydrogens is 268 g/mol. The highest BCUT2D eigenvalue weighted by Gasteiger charge is 2.22. The Labute approximate surface area is 114 Å². The molecule has 1 N–H and O–H groups in total. The maximum absolute atomic E-state index is 11.4. The zero-order chi connectivity index (χ0) is 13.2. The number of nitrogens with one attached hydrogen (secondary N) is 1. The maximum atomic E-state index is 11.4. The van der Waals surface area contributed by atoms with E-state index in [0.717, 1.165) is 17.3 Å². The molecule has 2 heterocycles. The summed E-state index contributed by atoms with van der Waals surface area (Å²) in [6.45, 7) is 2.55. The average molecular weight is 281 g/mol. The molecule has 7 heteroatoms. The topological polar surface area (TPSA) is 61.5 Å². The molecule has 6 nitrogen and oxygen atoms in total. The number of fused-ring (bicyclic) bond motifs is 1. The third kappa shape index (κ3) is 2.30. The highest BCUT2D eigenvalue weighted by Crippen LogP contribution is 2.26. The number of ether oxygens (including phenoxy) is 1. The minimum absolute atomic E-state index is 0.587. The number of hydrazine groups is 1. The van der Waals surface area contributed by atoms with Crippen molar-refractivity contribution in [2.24, 2.45) is 0 Å². The second-order valence-corrected chi connectivity index (χ2v) is 4.69. The number of hydrogen-bond acceptors (Lipinski definition) is 4. The maximum Gasteiger partial charge on any atom is 0.230 e. The number of morpholine rings is 1. The third-order valence-electron chi connectivity index (χ3n) is 3.11. The van der Waals surface area contributed by atoms with Crippen molar-refractivity contribution >= 4 is 34.7 Å². The van der Waals surface area contributed by atoms with Gasteiger partial charge in [-0.25, -0.2) is 10.0 Å². The van der Waals surface area contributed by atoms with Gasteiger partial charge in [-0.15, -0.1) is 0 Å². The second-order valence-electron chi connectivity index (χ2n) is 4.25. The van der Waals surface area contributed by atoms with Gasteiger partial charge in [-0.1, -0.05) is 11.6 Å². The summed E-state index contributed by atoms with van der Waals surface area (Å²) in [5.74, 6) is 0.587. The number of aromatic nitrogens is 2. The number of carbonyl (C=O) groups excluding carboxylic acids is 1. The minimum atomic E-state index is 0.587. The number of nitrogens with zero attached hydrogens (tertiary/aromatic N) is 3. The summed E-state index contributed by atoms with van der Waals surface area (Å²) in [5, 5.41) is 12.0. The van der Waals surface area contributed by atoms with Crippen molar-refractivity contribution in [3.05, 3.63) is 23.2 Å². The highest BCUT2D eigenvalue weighted by molar-refractivity contribution is 6.31. The lowest BCUT2D eigenvalue weighted by molar-refractivity contribution is -0.111. The fourth-order valence-corrected chi connectivity index (χ4v) is 2.34. The van der Waals surface area contributed by atoms with Crippen LogP contribution in [0.15, 0.2) is 18.2 Å². The quantitative estimate of drug-likeness (QED) is 0.864. The SMILES string of the molecule is O=CN(c1n[nH]c2cc(Cl)ccc12)N1CCOCC1. The molecule has 1 aliphatic rings. The number of benzene rings is 1. The van der Waals surface area contributed by atoms with Crippen molar-refractivity contribution in [3.8, 4) is 0 Å². The molecule has 0 bridgehead atoms. The molecule has 0 radical (unpaired) electrons. The predicted molar refractivity (Wildman–Crippen MR) is 72.0 cm³/mol. The summed E-state index contributed by atoms with van der Waals surface area (Å²) < 4.78 is 5.29. The molecule has 1 aliphatic heterocycles. The number of rotatable bonds is 3. The lowest BCUT2D eigenvalue weighted by Gasteiger charge is -2.33. The molecule has 1 aromatic carbocycles. The van der Waals surface area contributed by atoms with Crippen LogP contribution in [0.5, 0.6) is 0 Å². The van der Waals surface area contributed by atoms with E-state index in [1.165, 1.54) is 5.01 Å². The van der Waals surface area contributed by atoms with E-state index in [-0.39, 0.29) is 0 Å². The molecule has 0 atom stereocenters. The molecule has 0 spiro atoms. The number of H-pyrrole nitrogens is 1. The van der Waals surface area contributed by atoms with Gasteiger partial charge in [0, 0.05) is 23.5 Å². The van der Waals surface area contributed by atoms with Crippen LogP contribution >= 0.6 is 11.6 Å². The Bertz CT molecular complexity index is 594. The molecule has 19 heavy (non-hydrogen) atoms. The Kier molecular flexibility index (Phi) is 3.37. The Morgan fingerprint density at radius 2 is 2.21 bits per heavy atom. The number of anilines is 1. The predicted octanol–water partition coefficient (Wildman–Crippen LogP) is 1.43. The van der Waals surface area contributed by atoms with Gasteiger partial charge < -0.3 is 4.74 Å². The first-order chi connectivity index (χ1) is 9.29. The van der Waals surface area contributed by atoms with Gasteiger partial charge in [0.05, 0.1) is 18.7 Å². The summed E-state index contributed by atoms with van der Waals surface area (Å²) in [6.07, 6.45) is 0.773. The van der Waals surface area contributed by atoms with Crippen LogP contribution in [0.2, 0.25) is 5.02 Å². The molecule has 0 aliphatic carbocycles. The van der Waals surface area contributed by atoms with Crippen LogP contribution in [0.1, 0.15) is 0 Å². The summed E-state index contributed by atoms with van der Waals surface area (Å²) in [5.41, 5.74) is 0.808. The van der Waals surface area contributed by atoms with E-state index in [2.05, 4.69) is 10.2 Å². The first-order valence-corrected chi connectivity index (χ1v) is 6.38. The molecule has 0 saturated carbocycles. The smallest absolute Gasteiger partial charge is 0.230 e. The van der Waals surface area contributed by atoms with Gasteiger partial charge in [0.25, 0.3) is 0 Å². The van der Waals surface area contributed by atoms with Gasteiger partial charge in [0.15, 0.2) is 5.82 Å². The van der Waals surface area contributed by atoms with Crippen LogP contribution in [-0.2, 0) is 9.53 Å². The van der Waals surface area contributed by atoms with E-state index in [0.29, 0.717) is 37.1 Å². The van der Waals surface area contributed by atoms with Crippen LogP contribution in [0.4, 0.5) is 5.82 Å². The molecule has 1 amide bonds. The summed E-state index contributed by atoms with van der Waals surface area (Å²) in [4.78, 5) is 11.4. The number of aromatic amines is 1. The summed E-state index contributed by atoms with van der Waals surface area (Å²) in [7, 11) is 0. The second kappa shape index (κ2) is 5.16. The number of amides is 1. The number of carbonyl (C=O) groups is 1. The highest BCUT2D eigenvalue weighted by atomic mass is 35.5.